The SMILES string of the molecule is Cc1cc([C@H]2C3=CC[C@@H]4C(=O)N(C(N)=O)C(=O)[C@@H]4[C@@H]3C[C@H]3C(=O)C(c4ccccc4)=CC(=O)[C@@]23c2ccccc2)ccc1O. The van der Waals surface area contributed by atoms with E-state index in [0.29, 0.717) is 32.7 Å². The Morgan fingerprint density at radius 1 is 0.909 bits per heavy atom. The van der Waals surface area contributed by atoms with Gasteiger partial charge in [0.15, 0.2) is 11.6 Å². The number of nitrogens with zero attached hydrogens (tertiary/aromatic N) is 1. The summed E-state index contributed by atoms with van der Waals surface area (Å²) in [6.07, 6.45) is 3.72. The lowest BCUT2D eigenvalue weighted by Gasteiger charge is -2.55. The third kappa shape index (κ3) is 3.73. The van der Waals surface area contributed by atoms with E-state index in [4.69, 9.17) is 5.73 Å². The van der Waals surface area contributed by atoms with Crippen LogP contribution in [0.3, 0.4) is 0 Å². The van der Waals surface area contributed by atoms with Crippen LogP contribution in [0.4, 0.5) is 4.79 Å². The lowest BCUT2D eigenvalue weighted by atomic mass is 9.44. The zero-order valence-corrected chi connectivity index (χ0v) is 24.0. The van der Waals surface area contributed by atoms with Crippen LogP contribution in [-0.2, 0) is 24.6 Å². The summed E-state index contributed by atoms with van der Waals surface area (Å²) in [5.74, 6) is -5.49. The van der Waals surface area contributed by atoms with Crippen LogP contribution in [0.5, 0.6) is 5.75 Å². The van der Waals surface area contributed by atoms with Crippen molar-refractivity contribution in [1.29, 1.82) is 0 Å². The number of hydrogen-bond donors (Lipinski definition) is 2. The number of allylic oxidation sites excluding steroid dienone is 4. The molecule has 3 aliphatic carbocycles. The minimum Gasteiger partial charge on any atom is -0.508 e. The third-order valence-electron chi connectivity index (χ3n) is 10.1. The van der Waals surface area contributed by atoms with Crippen LogP contribution >= 0.6 is 0 Å². The maximum Gasteiger partial charge on any atom is 0.328 e. The molecular formula is C36H30N2O6. The van der Waals surface area contributed by atoms with Gasteiger partial charge in [-0.1, -0.05) is 84.4 Å². The van der Waals surface area contributed by atoms with Crippen LogP contribution in [0.15, 0.2) is 96.6 Å². The number of aromatic hydroxyl groups is 1. The third-order valence-corrected chi connectivity index (χ3v) is 10.1. The van der Waals surface area contributed by atoms with Crippen molar-refractivity contribution in [3.63, 3.8) is 0 Å². The first-order valence-corrected chi connectivity index (χ1v) is 14.7. The summed E-state index contributed by atoms with van der Waals surface area (Å²) in [7, 11) is 0. The largest absolute Gasteiger partial charge is 0.508 e. The number of nitrogens with two attached hydrogens (primary N) is 1. The molecule has 0 unspecified atom stereocenters. The quantitative estimate of drug-likeness (QED) is 0.340. The summed E-state index contributed by atoms with van der Waals surface area (Å²) in [5.41, 5.74) is 7.82. The summed E-state index contributed by atoms with van der Waals surface area (Å²) in [6.45, 7) is 1.77. The Labute approximate surface area is 253 Å². The molecule has 220 valence electrons. The van der Waals surface area contributed by atoms with E-state index in [9.17, 15) is 29.1 Å². The fourth-order valence-corrected chi connectivity index (χ4v) is 8.32. The number of phenols is 1. The number of primary amides is 1. The van der Waals surface area contributed by atoms with E-state index in [0.717, 1.165) is 5.57 Å². The van der Waals surface area contributed by atoms with Crippen LogP contribution in [-0.4, -0.2) is 39.4 Å². The number of hydrogen-bond acceptors (Lipinski definition) is 6. The predicted molar refractivity (Wildman–Crippen MR) is 161 cm³/mol. The molecule has 7 rings (SSSR count). The summed E-state index contributed by atoms with van der Waals surface area (Å²) in [4.78, 5) is 69.3. The van der Waals surface area contributed by atoms with Crippen LogP contribution < -0.4 is 5.73 Å². The second-order valence-corrected chi connectivity index (χ2v) is 12.2. The maximum atomic E-state index is 14.9. The number of likely N-dealkylation sites (tertiary alicyclic amines) is 1. The van der Waals surface area contributed by atoms with E-state index in [1.54, 1.807) is 31.2 Å². The van der Waals surface area contributed by atoms with Gasteiger partial charge in [-0.15, -0.1) is 0 Å². The van der Waals surface area contributed by atoms with E-state index in [1.165, 1.54) is 6.08 Å². The van der Waals surface area contributed by atoms with E-state index >= 15 is 0 Å². The zero-order chi connectivity index (χ0) is 30.9. The molecule has 4 aliphatic rings. The molecule has 1 saturated heterocycles. The minimum atomic E-state index is -1.36. The van der Waals surface area contributed by atoms with Crippen LogP contribution in [0, 0.1) is 30.6 Å². The molecule has 0 aromatic heterocycles. The Morgan fingerprint density at radius 3 is 2.25 bits per heavy atom. The Kier molecular flexibility index (Phi) is 6.28. The van der Waals surface area contributed by atoms with Gasteiger partial charge in [-0.25, -0.2) is 4.79 Å². The molecule has 2 fully saturated rings. The van der Waals surface area contributed by atoms with Crippen molar-refractivity contribution < 1.29 is 29.1 Å². The fraction of sp³-hybridized carbons (Fsp3) is 0.250. The fourth-order valence-electron chi connectivity index (χ4n) is 8.32. The van der Waals surface area contributed by atoms with Gasteiger partial charge in [0.2, 0.25) is 11.8 Å². The van der Waals surface area contributed by atoms with E-state index in [-0.39, 0.29) is 30.2 Å². The first kappa shape index (κ1) is 27.7. The first-order valence-electron chi connectivity index (χ1n) is 14.7. The molecule has 0 radical (unpaired) electrons. The van der Waals surface area contributed by atoms with Gasteiger partial charge >= 0.3 is 6.03 Å². The number of carbonyl (C=O) groups is 5. The number of fused-ring (bicyclic) bond motifs is 4. The molecular weight excluding hydrogens is 556 g/mol. The highest BCUT2D eigenvalue weighted by atomic mass is 16.3. The van der Waals surface area contributed by atoms with Gasteiger partial charge in [0, 0.05) is 17.4 Å². The molecule has 8 heteroatoms. The van der Waals surface area contributed by atoms with Crippen molar-refractivity contribution in [1.82, 2.24) is 4.90 Å². The number of rotatable bonds is 3. The topological polar surface area (TPSA) is 135 Å². The second-order valence-electron chi connectivity index (χ2n) is 12.2. The number of amides is 4. The number of imide groups is 3. The lowest BCUT2D eigenvalue weighted by Crippen LogP contribution is -2.58. The highest BCUT2D eigenvalue weighted by Gasteiger charge is 2.66. The molecule has 6 atom stereocenters. The van der Waals surface area contributed by atoms with Crippen LogP contribution in [0.1, 0.15) is 41.0 Å². The lowest BCUT2D eigenvalue weighted by molar-refractivity contribution is -0.137. The van der Waals surface area contributed by atoms with Crippen molar-refractivity contribution in [2.75, 3.05) is 0 Å². The van der Waals surface area contributed by atoms with Crippen molar-refractivity contribution >= 4 is 35.0 Å². The van der Waals surface area contributed by atoms with Crippen molar-refractivity contribution in [3.8, 4) is 5.75 Å². The molecule has 3 N–H and O–H groups in total. The van der Waals surface area contributed by atoms with Crippen molar-refractivity contribution in [2.24, 2.45) is 29.4 Å². The highest BCUT2D eigenvalue weighted by molar-refractivity contribution is 6.31. The number of phenolic OH excluding ortho intramolecular Hbond substituents is 1. The molecule has 1 heterocycles. The Morgan fingerprint density at radius 2 is 1.59 bits per heavy atom. The van der Waals surface area contributed by atoms with Gasteiger partial charge in [0.05, 0.1) is 17.3 Å². The molecule has 3 aromatic rings. The molecule has 0 spiro atoms. The highest BCUT2D eigenvalue weighted by Crippen LogP contribution is 2.63. The number of urea groups is 1. The summed E-state index contributed by atoms with van der Waals surface area (Å²) in [6, 6.07) is 22.4. The van der Waals surface area contributed by atoms with Gasteiger partial charge in [-0.05, 0) is 60.1 Å². The smallest absolute Gasteiger partial charge is 0.328 e. The Bertz CT molecular complexity index is 1830. The van der Waals surface area contributed by atoms with E-state index in [1.807, 2.05) is 60.7 Å². The van der Waals surface area contributed by atoms with Gasteiger partial charge in [-0.3, -0.25) is 19.2 Å². The molecule has 0 bridgehead atoms. The zero-order valence-electron chi connectivity index (χ0n) is 24.0. The van der Waals surface area contributed by atoms with Crippen LogP contribution in [0.2, 0.25) is 0 Å². The predicted octanol–water partition coefficient (Wildman–Crippen LogP) is 4.60. The van der Waals surface area contributed by atoms with Gasteiger partial charge in [-0.2, -0.15) is 4.90 Å². The van der Waals surface area contributed by atoms with Gasteiger partial charge < -0.3 is 10.8 Å². The molecule has 1 saturated carbocycles. The molecule has 8 nitrogen and oxygen atoms in total. The van der Waals surface area contributed by atoms with Gasteiger partial charge in [0.25, 0.3) is 0 Å². The summed E-state index contributed by atoms with van der Waals surface area (Å²) < 4.78 is 0. The van der Waals surface area contributed by atoms with E-state index in [2.05, 4.69) is 0 Å². The molecule has 4 amide bonds. The Balaban J connectivity index is 1.52. The minimum absolute atomic E-state index is 0.0927. The monoisotopic (exact) mass is 586 g/mol. The first-order chi connectivity index (χ1) is 21.2. The normalized spacial score (nSPS) is 29.4. The average Bonchev–Trinajstić information content (AvgIpc) is 3.29. The van der Waals surface area contributed by atoms with Crippen molar-refractivity contribution in [3.05, 3.63) is 119 Å². The molecule has 3 aromatic carbocycles. The Hall–Kier alpha value is -5.11. The van der Waals surface area contributed by atoms with Crippen LogP contribution in [0.25, 0.3) is 5.57 Å². The standard InChI is InChI=1S/C36H30N2O6/c1-19-16-21(12-15-28(19)39)31-23-13-14-24-30(34(43)38(33(24)42)35(37)44)26(23)17-27-32(41)25(20-8-4-2-5-9-20)18-29(40)36(27,31)22-10-6-3-7-11-22/h2-13,15-16,18,24,26-27,30-31,39H,14,17H2,1H3,(H2,37,44)/t24-,26+,27-,30-,31-,36-/m0/s1. The average molecular weight is 587 g/mol. The number of benzene rings is 3. The number of aryl methyl sites for hydroxylation is 1. The number of ketones is 2. The van der Waals surface area contributed by atoms with E-state index < -0.39 is 52.8 Å². The second kappa shape index (κ2) is 9.98. The summed E-state index contributed by atoms with van der Waals surface area (Å²) >= 11 is 0. The summed E-state index contributed by atoms with van der Waals surface area (Å²) in [5, 5.41) is 10.4. The molecule has 1 aliphatic heterocycles. The maximum absolute atomic E-state index is 14.9. The number of carbonyl (C=O) groups excluding carboxylic acids is 5. The van der Waals surface area contributed by atoms with Gasteiger partial charge in [0.1, 0.15) is 5.75 Å². The van der Waals surface area contributed by atoms with Crippen molar-refractivity contribution in [2.45, 2.75) is 31.1 Å². The molecule has 44 heavy (non-hydrogen) atoms. The number of Topliss-reactive ketones (excluding diaryl/α,β-unsaturated/α-hetero) is 1.